The molecule has 1 rings (SSSR count). The van der Waals surface area contributed by atoms with Gasteiger partial charge >= 0.3 is 6.09 Å². The predicted octanol–water partition coefficient (Wildman–Crippen LogP) is 0.986. The van der Waals surface area contributed by atoms with Gasteiger partial charge in [0.2, 0.25) is 0 Å². The van der Waals surface area contributed by atoms with Crippen LogP contribution in [0.2, 0.25) is 0 Å². The van der Waals surface area contributed by atoms with Gasteiger partial charge in [-0.15, -0.1) is 0 Å². The van der Waals surface area contributed by atoms with Gasteiger partial charge in [-0.05, 0) is 13.8 Å². The molecule has 0 N–H and O–H groups in total. The van der Waals surface area contributed by atoms with Gasteiger partial charge in [0.15, 0.2) is 0 Å². The summed E-state index contributed by atoms with van der Waals surface area (Å²) in [6.07, 6.45) is -0.572. The lowest BCUT2D eigenvalue weighted by Crippen LogP contribution is -2.09. The van der Waals surface area contributed by atoms with Crippen molar-refractivity contribution in [3.05, 3.63) is 0 Å². The molecule has 1 heterocycles. The summed E-state index contributed by atoms with van der Waals surface area (Å²) in [6, 6.07) is 0. The lowest BCUT2D eigenvalue weighted by molar-refractivity contribution is 0.155. The van der Waals surface area contributed by atoms with Crippen LogP contribution in [0.5, 0.6) is 0 Å². The average Bonchev–Trinajstić information content (AvgIpc) is 1.85. The molecule has 1 aliphatic rings. The summed E-state index contributed by atoms with van der Waals surface area (Å²) in [5, 5.41) is 0. The number of ether oxygens (including phenoxy) is 1. The molecule has 0 spiro atoms. The zero-order chi connectivity index (χ0) is 6.15. The van der Waals surface area contributed by atoms with Gasteiger partial charge in [-0.25, -0.2) is 4.79 Å². The topological polar surface area (TPSA) is 38.7 Å². The Labute approximate surface area is 47.4 Å². The molecule has 0 aromatic rings. The van der Waals surface area contributed by atoms with Gasteiger partial charge in [-0.1, -0.05) is 0 Å². The molecule has 0 aromatic carbocycles. The van der Waals surface area contributed by atoms with Crippen LogP contribution in [-0.4, -0.2) is 17.9 Å². The van der Waals surface area contributed by atoms with Gasteiger partial charge in [0, 0.05) is 0 Å². The van der Waals surface area contributed by atoms with Gasteiger partial charge in [-0.2, -0.15) is 4.99 Å². The Morgan fingerprint density at radius 2 is 2.38 bits per heavy atom. The van der Waals surface area contributed by atoms with E-state index in [1.807, 2.05) is 0 Å². The second-order valence-electron chi connectivity index (χ2n) is 1.78. The molecule has 0 aliphatic carbocycles. The molecule has 44 valence electrons. The van der Waals surface area contributed by atoms with E-state index >= 15 is 0 Å². The van der Waals surface area contributed by atoms with E-state index in [2.05, 4.69) is 9.73 Å². The Bertz CT molecular complexity index is 151. The molecule has 3 nitrogen and oxygen atoms in total. The first-order chi connectivity index (χ1) is 3.70. The zero-order valence-electron chi connectivity index (χ0n) is 4.84. The van der Waals surface area contributed by atoms with Crippen LogP contribution in [0.15, 0.2) is 4.99 Å². The highest BCUT2D eigenvalue weighted by Crippen LogP contribution is 2.05. The van der Waals surface area contributed by atoms with Crippen molar-refractivity contribution in [1.82, 2.24) is 0 Å². The van der Waals surface area contributed by atoms with E-state index in [1.165, 1.54) is 0 Å². The highest BCUT2D eigenvalue weighted by Gasteiger charge is 2.18. The van der Waals surface area contributed by atoms with Crippen molar-refractivity contribution >= 4 is 11.8 Å². The standard InChI is InChI=1S/C5H7NO2/c1-3-4(2)8-5(7)6-3/h4H,1-2H3/t4-/m1/s1. The molecule has 0 saturated heterocycles. The van der Waals surface area contributed by atoms with Crippen LogP contribution in [-0.2, 0) is 4.74 Å². The number of hydrogen-bond donors (Lipinski definition) is 0. The number of aliphatic imine (C=N–C) groups is 1. The van der Waals surface area contributed by atoms with Crippen molar-refractivity contribution in [2.45, 2.75) is 20.0 Å². The van der Waals surface area contributed by atoms with E-state index < -0.39 is 6.09 Å². The first kappa shape index (κ1) is 5.28. The molecule has 0 fully saturated rings. The van der Waals surface area contributed by atoms with Crippen LogP contribution in [0.25, 0.3) is 0 Å². The molecule has 3 heteroatoms. The first-order valence-corrected chi connectivity index (χ1v) is 2.46. The van der Waals surface area contributed by atoms with Crippen molar-refractivity contribution in [2.24, 2.45) is 4.99 Å². The molecule has 0 aromatic heterocycles. The zero-order valence-corrected chi connectivity index (χ0v) is 4.84. The smallest absolute Gasteiger partial charge is 0.434 e. The van der Waals surface area contributed by atoms with E-state index in [-0.39, 0.29) is 6.10 Å². The minimum Gasteiger partial charge on any atom is -0.439 e. The monoisotopic (exact) mass is 113 g/mol. The second kappa shape index (κ2) is 1.58. The van der Waals surface area contributed by atoms with Crippen LogP contribution in [0.1, 0.15) is 13.8 Å². The van der Waals surface area contributed by atoms with Crippen molar-refractivity contribution in [3.8, 4) is 0 Å². The van der Waals surface area contributed by atoms with E-state index in [1.54, 1.807) is 13.8 Å². The highest BCUT2D eigenvalue weighted by molar-refractivity contribution is 5.99. The molecule has 0 radical (unpaired) electrons. The van der Waals surface area contributed by atoms with Crippen molar-refractivity contribution < 1.29 is 9.53 Å². The fourth-order valence-electron chi connectivity index (χ4n) is 0.498. The second-order valence-corrected chi connectivity index (χ2v) is 1.78. The van der Waals surface area contributed by atoms with E-state index in [0.717, 1.165) is 5.71 Å². The van der Waals surface area contributed by atoms with Crippen LogP contribution >= 0.6 is 0 Å². The summed E-state index contributed by atoms with van der Waals surface area (Å²) in [7, 11) is 0. The number of carbonyl (C=O) groups is 1. The summed E-state index contributed by atoms with van der Waals surface area (Å²) in [6.45, 7) is 3.57. The van der Waals surface area contributed by atoms with E-state index in [0.29, 0.717) is 0 Å². The average molecular weight is 113 g/mol. The maximum atomic E-state index is 10.3. The number of rotatable bonds is 0. The quantitative estimate of drug-likeness (QED) is 0.469. The normalized spacial score (nSPS) is 27.5. The third-order valence-corrected chi connectivity index (χ3v) is 1.13. The largest absolute Gasteiger partial charge is 0.439 e. The third kappa shape index (κ3) is 0.710. The minimum absolute atomic E-state index is 0.109. The lowest BCUT2D eigenvalue weighted by Gasteiger charge is -1.97. The molecule has 0 saturated carbocycles. The van der Waals surface area contributed by atoms with E-state index in [9.17, 15) is 4.79 Å². The van der Waals surface area contributed by atoms with Crippen LogP contribution < -0.4 is 0 Å². The van der Waals surface area contributed by atoms with Crippen LogP contribution in [0.4, 0.5) is 4.79 Å². The molecular weight excluding hydrogens is 106 g/mol. The molecule has 1 aliphatic heterocycles. The van der Waals surface area contributed by atoms with E-state index in [4.69, 9.17) is 0 Å². The van der Waals surface area contributed by atoms with Crippen molar-refractivity contribution in [1.29, 1.82) is 0 Å². The Hall–Kier alpha value is -0.860. The molecule has 0 bridgehead atoms. The third-order valence-electron chi connectivity index (χ3n) is 1.13. The number of amides is 1. The number of cyclic esters (lactones) is 1. The number of carbonyl (C=O) groups excluding carboxylic acids is 1. The summed E-state index contributed by atoms with van der Waals surface area (Å²) in [5.41, 5.74) is 0.759. The SMILES string of the molecule is CC1=NC(=O)O[C@@H]1C. The molecule has 1 amide bonds. The first-order valence-electron chi connectivity index (χ1n) is 2.46. The Morgan fingerprint density at radius 1 is 1.75 bits per heavy atom. The summed E-state index contributed by atoms with van der Waals surface area (Å²) in [5.74, 6) is 0. The van der Waals surface area contributed by atoms with Gasteiger partial charge < -0.3 is 4.74 Å². The maximum Gasteiger partial charge on any atom is 0.434 e. The maximum absolute atomic E-state index is 10.3. The van der Waals surface area contributed by atoms with Gasteiger partial charge in [-0.3, -0.25) is 0 Å². The summed E-state index contributed by atoms with van der Waals surface area (Å²) in [4.78, 5) is 13.8. The van der Waals surface area contributed by atoms with Crippen molar-refractivity contribution in [2.75, 3.05) is 0 Å². The Morgan fingerprint density at radius 3 is 2.50 bits per heavy atom. The lowest BCUT2D eigenvalue weighted by atomic mass is 10.3. The van der Waals surface area contributed by atoms with Crippen molar-refractivity contribution in [3.63, 3.8) is 0 Å². The number of nitrogens with zero attached hydrogens (tertiary/aromatic N) is 1. The fraction of sp³-hybridized carbons (Fsp3) is 0.600. The van der Waals surface area contributed by atoms with Gasteiger partial charge in [0.05, 0.1) is 5.71 Å². The van der Waals surface area contributed by atoms with Crippen LogP contribution in [0, 0.1) is 0 Å². The Kier molecular flexibility index (Phi) is 1.04. The molecular formula is C5H7NO2. The molecule has 1 atom stereocenters. The molecule has 8 heavy (non-hydrogen) atoms. The fourth-order valence-corrected chi connectivity index (χ4v) is 0.498. The molecule has 0 unspecified atom stereocenters. The van der Waals surface area contributed by atoms with Gasteiger partial charge in [0.1, 0.15) is 6.10 Å². The predicted molar refractivity (Wildman–Crippen MR) is 29.1 cm³/mol. The Balaban J connectivity index is 2.73. The minimum atomic E-state index is -0.463. The number of hydrogen-bond acceptors (Lipinski definition) is 2. The summed E-state index contributed by atoms with van der Waals surface area (Å²) < 4.78 is 4.63. The van der Waals surface area contributed by atoms with Crippen LogP contribution in [0.3, 0.4) is 0 Å². The van der Waals surface area contributed by atoms with Gasteiger partial charge in [0.25, 0.3) is 0 Å². The summed E-state index contributed by atoms with van der Waals surface area (Å²) >= 11 is 0. The highest BCUT2D eigenvalue weighted by atomic mass is 16.6.